The number of ether oxygens (including phenoxy) is 2. The number of hydrogen-bond donors (Lipinski definition) is 1. The molecule has 0 amide bonds. The van der Waals surface area contributed by atoms with Gasteiger partial charge in [0.15, 0.2) is 11.5 Å². The minimum atomic E-state index is 0.599. The fraction of sp³-hybridized carbons (Fsp3) is 0.250. The highest BCUT2D eigenvalue weighted by atomic mass is 35.5. The topological polar surface area (TPSA) is 30.5 Å². The number of hydrogen-bond acceptors (Lipinski definition) is 3. The lowest BCUT2D eigenvalue weighted by Crippen LogP contribution is -2.15. The third kappa shape index (κ3) is 2.60. The van der Waals surface area contributed by atoms with E-state index in [9.17, 15) is 0 Å². The van der Waals surface area contributed by atoms with Crippen LogP contribution in [0.4, 0.5) is 0 Å². The van der Waals surface area contributed by atoms with Gasteiger partial charge in [-0.25, -0.2) is 0 Å². The molecule has 3 nitrogen and oxygen atoms in total. The van der Waals surface area contributed by atoms with Gasteiger partial charge in [-0.2, -0.15) is 0 Å². The van der Waals surface area contributed by atoms with Crippen molar-refractivity contribution in [3.8, 4) is 22.6 Å². The summed E-state index contributed by atoms with van der Waals surface area (Å²) in [6, 6.07) is 12.1. The van der Waals surface area contributed by atoms with Gasteiger partial charge in [0.2, 0.25) is 0 Å². The first-order chi connectivity index (χ1) is 9.78. The maximum Gasteiger partial charge on any atom is 0.161 e. The molecular formula is C16H16ClNO2. The second-order valence-electron chi connectivity index (χ2n) is 4.69. The van der Waals surface area contributed by atoms with E-state index in [1.54, 1.807) is 0 Å². The Bertz CT molecular complexity index is 628. The second-order valence-corrected chi connectivity index (χ2v) is 5.10. The van der Waals surface area contributed by atoms with Gasteiger partial charge < -0.3 is 14.8 Å². The largest absolute Gasteiger partial charge is 0.486 e. The molecule has 0 aromatic heterocycles. The summed E-state index contributed by atoms with van der Waals surface area (Å²) in [6.45, 7) is 1.96. The summed E-state index contributed by atoms with van der Waals surface area (Å²) >= 11 is 6.19. The molecule has 3 rings (SSSR count). The van der Waals surface area contributed by atoms with Gasteiger partial charge in [0.25, 0.3) is 0 Å². The van der Waals surface area contributed by atoms with E-state index in [2.05, 4.69) is 11.4 Å². The molecule has 104 valence electrons. The van der Waals surface area contributed by atoms with Gasteiger partial charge in [-0.05, 0) is 48.0 Å². The van der Waals surface area contributed by atoms with Crippen LogP contribution in [0.15, 0.2) is 36.4 Å². The quantitative estimate of drug-likeness (QED) is 0.938. The molecule has 2 aromatic rings. The Balaban J connectivity index is 1.98. The molecule has 1 aliphatic heterocycles. The van der Waals surface area contributed by atoms with E-state index in [-0.39, 0.29) is 0 Å². The van der Waals surface area contributed by atoms with Crippen LogP contribution in [0.5, 0.6) is 11.5 Å². The van der Waals surface area contributed by atoms with E-state index in [1.165, 1.54) is 0 Å². The normalized spacial score (nSPS) is 13.3. The van der Waals surface area contributed by atoms with Crippen LogP contribution in [0.2, 0.25) is 5.02 Å². The zero-order chi connectivity index (χ0) is 13.9. The summed E-state index contributed by atoms with van der Waals surface area (Å²) in [5.41, 5.74) is 3.31. The van der Waals surface area contributed by atoms with Gasteiger partial charge in [0, 0.05) is 11.6 Å². The van der Waals surface area contributed by atoms with Crippen molar-refractivity contribution >= 4 is 11.6 Å². The third-order valence-electron chi connectivity index (χ3n) is 3.29. The Kier molecular flexibility index (Phi) is 3.81. The summed E-state index contributed by atoms with van der Waals surface area (Å²) < 4.78 is 11.2. The Hall–Kier alpha value is -1.71. The molecule has 0 unspecified atom stereocenters. The van der Waals surface area contributed by atoms with Gasteiger partial charge >= 0.3 is 0 Å². The Morgan fingerprint density at radius 2 is 1.70 bits per heavy atom. The number of rotatable bonds is 3. The third-order valence-corrected chi connectivity index (χ3v) is 3.66. The molecule has 0 bridgehead atoms. The van der Waals surface area contributed by atoms with Crippen LogP contribution in [0.25, 0.3) is 11.1 Å². The molecule has 0 saturated heterocycles. The smallest absolute Gasteiger partial charge is 0.161 e. The van der Waals surface area contributed by atoms with Crippen molar-refractivity contribution in [2.45, 2.75) is 6.54 Å². The van der Waals surface area contributed by atoms with Gasteiger partial charge in [-0.1, -0.05) is 23.7 Å². The highest BCUT2D eigenvalue weighted by Crippen LogP contribution is 2.35. The zero-order valence-electron chi connectivity index (χ0n) is 11.3. The summed E-state index contributed by atoms with van der Waals surface area (Å²) in [6.07, 6.45) is 0. The molecule has 0 radical (unpaired) electrons. The first-order valence-corrected chi connectivity index (χ1v) is 6.99. The highest BCUT2D eigenvalue weighted by Gasteiger charge is 2.12. The number of fused-ring (bicyclic) bond motifs is 1. The standard InChI is InChI=1S/C16H16ClNO2/c1-18-10-13-8-11(2-4-14(13)17)12-3-5-15-16(9-12)20-7-6-19-15/h2-5,8-9,18H,6-7,10H2,1H3. The number of halogens is 1. The fourth-order valence-corrected chi connectivity index (χ4v) is 2.49. The van der Waals surface area contributed by atoms with Gasteiger partial charge in [-0.15, -0.1) is 0 Å². The molecule has 0 atom stereocenters. The van der Waals surface area contributed by atoms with E-state index in [0.29, 0.717) is 13.2 Å². The van der Waals surface area contributed by atoms with Crippen LogP contribution in [-0.4, -0.2) is 20.3 Å². The molecule has 4 heteroatoms. The zero-order valence-corrected chi connectivity index (χ0v) is 12.0. The maximum atomic E-state index is 6.19. The van der Waals surface area contributed by atoms with E-state index in [1.807, 2.05) is 37.4 Å². The van der Waals surface area contributed by atoms with Crippen LogP contribution in [-0.2, 0) is 6.54 Å². The van der Waals surface area contributed by atoms with Crippen molar-refractivity contribution in [1.82, 2.24) is 5.32 Å². The van der Waals surface area contributed by atoms with Crippen molar-refractivity contribution < 1.29 is 9.47 Å². The van der Waals surface area contributed by atoms with Crippen LogP contribution < -0.4 is 14.8 Å². The maximum absolute atomic E-state index is 6.19. The Labute approximate surface area is 123 Å². The van der Waals surface area contributed by atoms with Crippen molar-refractivity contribution in [3.05, 3.63) is 47.0 Å². The average molecular weight is 290 g/mol. The van der Waals surface area contributed by atoms with Crippen molar-refractivity contribution in [2.24, 2.45) is 0 Å². The summed E-state index contributed by atoms with van der Waals surface area (Å²) in [4.78, 5) is 0. The fourth-order valence-electron chi connectivity index (χ4n) is 2.30. The van der Waals surface area contributed by atoms with Gasteiger partial charge in [-0.3, -0.25) is 0 Å². The first-order valence-electron chi connectivity index (χ1n) is 6.61. The lowest BCUT2D eigenvalue weighted by atomic mass is 10.0. The van der Waals surface area contributed by atoms with Crippen molar-refractivity contribution in [1.29, 1.82) is 0 Å². The van der Waals surface area contributed by atoms with Crippen molar-refractivity contribution in [2.75, 3.05) is 20.3 Å². The van der Waals surface area contributed by atoms with E-state index in [0.717, 1.165) is 39.8 Å². The molecule has 1 N–H and O–H groups in total. The predicted octanol–water partition coefficient (Wildman–Crippen LogP) is 3.50. The van der Waals surface area contributed by atoms with Gasteiger partial charge in [0.1, 0.15) is 13.2 Å². The van der Waals surface area contributed by atoms with Crippen LogP contribution >= 0.6 is 11.6 Å². The van der Waals surface area contributed by atoms with Gasteiger partial charge in [0.05, 0.1) is 0 Å². The molecule has 2 aromatic carbocycles. The van der Waals surface area contributed by atoms with E-state index >= 15 is 0 Å². The monoisotopic (exact) mass is 289 g/mol. The summed E-state index contributed by atoms with van der Waals surface area (Å²) in [7, 11) is 1.91. The van der Waals surface area contributed by atoms with E-state index < -0.39 is 0 Å². The number of benzene rings is 2. The molecule has 20 heavy (non-hydrogen) atoms. The molecule has 1 aliphatic rings. The molecule has 0 saturated carbocycles. The highest BCUT2D eigenvalue weighted by molar-refractivity contribution is 6.31. The van der Waals surface area contributed by atoms with E-state index in [4.69, 9.17) is 21.1 Å². The molecular weight excluding hydrogens is 274 g/mol. The second kappa shape index (κ2) is 5.73. The molecule has 0 spiro atoms. The van der Waals surface area contributed by atoms with Crippen LogP contribution in [0.1, 0.15) is 5.56 Å². The minimum Gasteiger partial charge on any atom is -0.486 e. The SMILES string of the molecule is CNCc1cc(-c2ccc3c(c2)OCCO3)ccc1Cl. The molecule has 1 heterocycles. The van der Waals surface area contributed by atoms with Crippen LogP contribution in [0, 0.1) is 0 Å². The average Bonchev–Trinajstić information content (AvgIpc) is 2.49. The van der Waals surface area contributed by atoms with Crippen molar-refractivity contribution in [3.63, 3.8) is 0 Å². The lowest BCUT2D eigenvalue weighted by molar-refractivity contribution is 0.171. The summed E-state index contributed by atoms with van der Waals surface area (Å²) in [5.74, 6) is 1.61. The molecule has 0 aliphatic carbocycles. The predicted molar refractivity (Wildman–Crippen MR) is 80.6 cm³/mol. The first kappa shape index (κ1) is 13.3. The Morgan fingerprint density at radius 3 is 2.50 bits per heavy atom. The minimum absolute atomic E-state index is 0.599. The molecule has 0 fully saturated rings. The summed E-state index contributed by atoms with van der Waals surface area (Å²) in [5, 5.41) is 3.90. The lowest BCUT2D eigenvalue weighted by Gasteiger charge is -2.19. The number of nitrogens with one attached hydrogen (secondary N) is 1. The van der Waals surface area contributed by atoms with Crippen LogP contribution in [0.3, 0.4) is 0 Å². The Morgan fingerprint density at radius 1 is 1.00 bits per heavy atom.